The van der Waals surface area contributed by atoms with E-state index >= 15 is 0 Å². The summed E-state index contributed by atoms with van der Waals surface area (Å²) in [4.78, 5) is 43.8. The molecule has 5 rings (SSSR count). The van der Waals surface area contributed by atoms with Crippen molar-refractivity contribution >= 4 is 40.6 Å². The molecule has 2 aliphatic rings. The van der Waals surface area contributed by atoms with Gasteiger partial charge in [0.2, 0.25) is 5.91 Å². The zero-order chi connectivity index (χ0) is 24.5. The SMILES string of the molecule is O=C(c1ccc(F)cc1)c1ccc(N2CCN(C3CC(=O)N(c4cccc(Cl)c4)C3=O)CC2)cc1. The lowest BCUT2D eigenvalue weighted by Gasteiger charge is -2.38. The van der Waals surface area contributed by atoms with Crippen LogP contribution in [0.4, 0.5) is 15.8 Å². The molecule has 0 saturated carbocycles. The van der Waals surface area contributed by atoms with Crippen molar-refractivity contribution in [3.05, 3.63) is 94.8 Å². The number of carbonyl (C=O) groups is 3. The van der Waals surface area contributed by atoms with Crippen LogP contribution in [0, 0.1) is 5.82 Å². The van der Waals surface area contributed by atoms with Gasteiger partial charge in [-0.2, -0.15) is 0 Å². The predicted octanol–water partition coefficient (Wildman–Crippen LogP) is 4.16. The van der Waals surface area contributed by atoms with Crippen molar-refractivity contribution in [3.63, 3.8) is 0 Å². The molecular formula is C27H23ClFN3O3. The smallest absolute Gasteiger partial charge is 0.251 e. The van der Waals surface area contributed by atoms with E-state index < -0.39 is 6.04 Å². The molecule has 2 heterocycles. The van der Waals surface area contributed by atoms with Gasteiger partial charge in [-0.1, -0.05) is 17.7 Å². The Labute approximate surface area is 207 Å². The Kier molecular flexibility index (Phi) is 6.36. The van der Waals surface area contributed by atoms with Gasteiger partial charge in [-0.25, -0.2) is 9.29 Å². The van der Waals surface area contributed by atoms with Gasteiger partial charge in [-0.15, -0.1) is 0 Å². The van der Waals surface area contributed by atoms with Crippen LogP contribution in [0.15, 0.2) is 72.8 Å². The summed E-state index contributed by atoms with van der Waals surface area (Å²) in [7, 11) is 0. The van der Waals surface area contributed by atoms with Gasteiger partial charge < -0.3 is 4.90 Å². The fraction of sp³-hybridized carbons (Fsp3) is 0.222. The summed E-state index contributed by atoms with van der Waals surface area (Å²) in [6.45, 7) is 2.67. The molecule has 3 aromatic carbocycles. The molecule has 6 nitrogen and oxygen atoms in total. The van der Waals surface area contributed by atoms with E-state index in [1.807, 2.05) is 12.1 Å². The van der Waals surface area contributed by atoms with E-state index in [0.717, 1.165) is 5.69 Å². The molecule has 2 saturated heterocycles. The lowest BCUT2D eigenvalue weighted by atomic mass is 10.0. The van der Waals surface area contributed by atoms with Gasteiger partial charge in [-0.3, -0.25) is 19.3 Å². The van der Waals surface area contributed by atoms with Crippen LogP contribution < -0.4 is 9.80 Å². The molecule has 8 heteroatoms. The molecule has 0 aromatic heterocycles. The van der Waals surface area contributed by atoms with Crippen molar-refractivity contribution in [1.82, 2.24) is 4.90 Å². The van der Waals surface area contributed by atoms with Crippen LogP contribution in [0.2, 0.25) is 5.02 Å². The minimum absolute atomic E-state index is 0.157. The zero-order valence-corrected chi connectivity index (χ0v) is 19.6. The molecule has 0 N–H and O–H groups in total. The summed E-state index contributed by atoms with van der Waals surface area (Å²) in [5.41, 5.74) is 2.46. The third-order valence-corrected chi connectivity index (χ3v) is 6.78. The molecule has 2 fully saturated rings. The summed E-state index contributed by atoms with van der Waals surface area (Å²) >= 11 is 6.04. The molecule has 1 unspecified atom stereocenters. The van der Waals surface area contributed by atoms with E-state index in [1.165, 1.54) is 29.2 Å². The molecule has 0 spiro atoms. The van der Waals surface area contributed by atoms with Crippen molar-refractivity contribution in [2.75, 3.05) is 36.0 Å². The van der Waals surface area contributed by atoms with Crippen molar-refractivity contribution in [2.45, 2.75) is 12.5 Å². The molecule has 2 amide bonds. The number of halogens is 2. The molecular weight excluding hydrogens is 469 g/mol. The Morgan fingerprint density at radius 1 is 0.829 bits per heavy atom. The third kappa shape index (κ3) is 4.70. The highest BCUT2D eigenvalue weighted by Crippen LogP contribution is 2.29. The molecule has 2 aliphatic heterocycles. The number of anilines is 2. The number of hydrogen-bond donors (Lipinski definition) is 0. The van der Waals surface area contributed by atoms with E-state index in [-0.39, 0.29) is 29.8 Å². The van der Waals surface area contributed by atoms with Gasteiger partial charge >= 0.3 is 0 Å². The molecule has 0 aliphatic carbocycles. The van der Waals surface area contributed by atoms with Gasteiger partial charge in [0.1, 0.15) is 5.82 Å². The first-order valence-corrected chi connectivity index (χ1v) is 11.8. The zero-order valence-electron chi connectivity index (χ0n) is 18.9. The average molecular weight is 492 g/mol. The Morgan fingerprint density at radius 2 is 1.46 bits per heavy atom. The maximum Gasteiger partial charge on any atom is 0.251 e. The minimum atomic E-state index is -0.473. The molecule has 0 bridgehead atoms. The number of ketones is 1. The summed E-state index contributed by atoms with van der Waals surface area (Å²) in [5, 5.41) is 0.477. The molecule has 178 valence electrons. The van der Waals surface area contributed by atoms with Crippen LogP contribution in [-0.2, 0) is 9.59 Å². The van der Waals surface area contributed by atoms with Gasteiger partial charge in [0.15, 0.2) is 5.78 Å². The maximum absolute atomic E-state index is 13.1. The fourth-order valence-electron chi connectivity index (χ4n) is 4.67. The monoisotopic (exact) mass is 491 g/mol. The van der Waals surface area contributed by atoms with E-state index in [1.54, 1.807) is 36.4 Å². The number of hydrogen-bond acceptors (Lipinski definition) is 5. The molecule has 0 radical (unpaired) electrons. The number of nitrogens with zero attached hydrogens (tertiary/aromatic N) is 3. The van der Waals surface area contributed by atoms with Crippen molar-refractivity contribution < 1.29 is 18.8 Å². The number of carbonyl (C=O) groups excluding carboxylic acids is 3. The topological polar surface area (TPSA) is 60.9 Å². The highest BCUT2D eigenvalue weighted by Gasteiger charge is 2.43. The van der Waals surface area contributed by atoms with Crippen LogP contribution in [0.25, 0.3) is 0 Å². The van der Waals surface area contributed by atoms with Crippen LogP contribution in [0.1, 0.15) is 22.3 Å². The molecule has 1 atom stereocenters. The average Bonchev–Trinajstić information content (AvgIpc) is 3.18. The first kappa shape index (κ1) is 23.2. The summed E-state index contributed by atoms with van der Waals surface area (Å²) < 4.78 is 13.1. The Hall–Kier alpha value is -3.55. The second kappa shape index (κ2) is 9.60. The summed E-state index contributed by atoms with van der Waals surface area (Å²) in [5.74, 6) is -0.965. The Bertz CT molecular complexity index is 1270. The number of benzene rings is 3. The third-order valence-electron chi connectivity index (χ3n) is 6.55. The lowest BCUT2D eigenvalue weighted by Crippen LogP contribution is -2.52. The van der Waals surface area contributed by atoms with Gasteiger partial charge in [0, 0.05) is 48.0 Å². The number of rotatable bonds is 5. The Morgan fingerprint density at radius 3 is 2.09 bits per heavy atom. The van der Waals surface area contributed by atoms with E-state index in [0.29, 0.717) is 48.0 Å². The highest BCUT2D eigenvalue weighted by atomic mass is 35.5. The van der Waals surface area contributed by atoms with E-state index in [2.05, 4.69) is 9.80 Å². The quantitative estimate of drug-likeness (QED) is 0.396. The standard InChI is InChI=1S/C27H23ClFN3O3/c28-20-2-1-3-23(16-20)32-25(33)17-24(27(32)35)31-14-12-30(13-15-31)22-10-6-19(7-11-22)26(34)18-4-8-21(29)9-5-18/h1-11,16,24H,12-15,17H2. The van der Waals surface area contributed by atoms with Crippen LogP contribution >= 0.6 is 11.6 Å². The van der Waals surface area contributed by atoms with Crippen LogP contribution in [0.5, 0.6) is 0 Å². The van der Waals surface area contributed by atoms with Crippen molar-refractivity contribution in [2.24, 2.45) is 0 Å². The Balaban J connectivity index is 1.21. The fourth-order valence-corrected chi connectivity index (χ4v) is 4.86. The number of amides is 2. The van der Waals surface area contributed by atoms with Crippen LogP contribution in [-0.4, -0.2) is 54.7 Å². The predicted molar refractivity (Wildman–Crippen MR) is 132 cm³/mol. The summed E-state index contributed by atoms with van der Waals surface area (Å²) in [6, 6.07) is 19.2. The first-order chi connectivity index (χ1) is 16.9. The maximum atomic E-state index is 13.1. The second-order valence-corrected chi connectivity index (χ2v) is 9.11. The highest BCUT2D eigenvalue weighted by molar-refractivity contribution is 6.31. The lowest BCUT2D eigenvalue weighted by molar-refractivity contribution is -0.123. The molecule has 3 aromatic rings. The normalized spacial score (nSPS) is 18.9. The van der Waals surface area contributed by atoms with E-state index in [4.69, 9.17) is 11.6 Å². The van der Waals surface area contributed by atoms with Crippen molar-refractivity contribution in [1.29, 1.82) is 0 Å². The van der Waals surface area contributed by atoms with Crippen LogP contribution in [0.3, 0.4) is 0 Å². The van der Waals surface area contributed by atoms with Gasteiger partial charge in [0.05, 0.1) is 18.2 Å². The summed E-state index contributed by atoms with van der Waals surface area (Å²) in [6.07, 6.45) is 0.158. The van der Waals surface area contributed by atoms with Crippen molar-refractivity contribution in [3.8, 4) is 0 Å². The first-order valence-electron chi connectivity index (χ1n) is 11.4. The largest absolute Gasteiger partial charge is 0.369 e. The van der Waals surface area contributed by atoms with Gasteiger partial charge in [0.25, 0.3) is 5.91 Å². The minimum Gasteiger partial charge on any atom is -0.369 e. The van der Waals surface area contributed by atoms with E-state index in [9.17, 15) is 18.8 Å². The number of piperazine rings is 1. The molecule has 35 heavy (non-hydrogen) atoms. The van der Waals surface area contributed by atoms with Gasteiger partial charge in [-0.05, 0) is 66.7 Å². The second-order valence-electron chi connectivity index (χ2n) is 8.67. The number of imide groups is 1.